The second-order valence-corrected chi connectivity index (χ2v) is 6.41. The van der Waals surface area contributed by atoms with Crippen LogP contribution in [0.3, 0.4) is 0 Å². The SMILES string of the molecule is COCCCNC(=O)C(C)Nc1ccc(Oc2ncc(Cl)cc2Cl)cc1. The van der Waals surface area contributed by atoms with E-state index in [9.17, 15) is 4.79 Å². The van der Waals surface area contributed by atoms with Gasteiger partial charge in [0.2, 0.25) is 11.8 Å². The smallest absolute Gasteiger partial charge is 0.242 e. The van der Waals surface area contributed by atoms with Gasteiger partial charge in [-0.1, -0.05) is 23.2 Å². The summed E-state index contributed by atoms with van der Waals surface area (Å²) in [6.45, 7) is 3.00. The number of aromatic nitrogens is 1. The van der Waals surface area contributed by atoms with E-state index in [2.05, 4.69) is 15.6 Å². The number of benzene rings is 1. The standard InChI is InChI=1S/C18H21Cl2N3O3/c1-12(17(24)21-8-3-9-25-2)23-14-4-6-15(7-5-14)26-18-16(20)10-13(19)11-22-18/h4-7,10-12,23H,3,8-9H2,1-2H3,(H,21,24). The zero-order valence-electron chi connectivity index (χ0n) is 14.6. The van der Waals surface area contributed by atoms with Crippen molar-refractivity contribution in [3.05, 3.63) is 46.6 Å². The van der Waals surface area contributed by atoms with Crippen LogP contribution in [0.1, 0.15) is 13.3 Å². The number of anilines is 1. The molecule has 2 N–H and O–H groups in total. The van der Waals surface area contributed by atoms with E-state index in [1.165, 1.54) is 6.20 Å². The molecule has 1 atom stereocenters. The Morgan fingerprint density at radius 1 is 1.27 bits per heavy atom. The Bertz CT molecular complexity index is 726. The van der Waals surface area contributed by atoms with Crippen LogP contribution in [0, 0.1) is 0 Å². The number of carbonyl (C=O) groups excluding carboxylic acids is 1. The molecule has 2 aromatic rings. The Morgan fingerprint density at radius 3 is 2.65 bits per heavy atom. The number of hydrogen-bond donors (Lipinski definition) is 2. The topological polar surface area (TPSA) is 72.5 Å². The average molecular weight is 398 g/mol. The van der Waals surface area contributed by atoms with Crippen molar-refractivity contribution in [1.82, 2.24) is 10.3 Å². The van der Waals surface area contributed by atoms with Crippen LogP contribution in [0.15, 0.2) is 36.5 Å². The van der Waals surface area contributed by atoms with Crippen LogP contribution in [0.4, 0.5) is 5.69 Å². The number of methoxy groups -OCH3 is 1. The third-order valence-electron chi connectivity index (χ3n) is 3.44. The van der Waals surface area contributed by atoms with E-state index >= 15 is 0 Å². The van der Waals surface area contributed by atoms with Crippen molar-refractivity contribution in [1.29, 1.82) is 0 Å². The minimum atomic E-state index is -0.364. The first-order valence-electron chi connectivity index (χ1n) is 8.11. The number of rotatable bonds is 9. The summed E-state index contributed by atoms with van der Waals surface area (Å²) in [6, 6.07) is 8.35. The van der Waals surface area contributed by atoms with Crippen LogP contribution in [0.5, 0.6) is 11.6 Å². The summed E-state index contributed by atoms with van der Waals surface area (Å²) in [5.74, 6) is 0.781. The van der Waals surface area contributed by atoms with Gasteiger partial charge in [-0.05, 0) is 43.7 Å². The highest BCUT2D eigenvalue weighted by molar-refractivity contribution is 6.35. The van der Waals surface area contributed by atoms with Gasteiger partial charge in [0.15, 0.2) is 0 Å². The fraction of sp³-hybridized carbons (Fsp3) is 0.333. The molecule has 1 heterocycles. The number of carbonyl (C=O) groups is 1. The van der Waals surface area contributed by atoms with E-state index in [4.69, 9.17) is 32.7 Å². The van der Waals surface area contributed by atoms with Gasteiger partial charge < -0.3 is 20.1 Å². The Balaban J connectivity index is 1.87. The number of ether oxygens (including phenoxy) is 2. The monoisotopic (exact) mass is 397 g/mol. The molecular formula is C18H21Cl2N3O3. The minimum Gasteiger partial charge on any atom is -0.438 e. The second-order valence-electron chi connectivity index (χ2n) is 5.57. The first-order chi connectivity index (χ1) is 12.5. The lowest BCUT2D eigenvalue weighted by atomic mass is 10.2. The highest BCUT2D eigenvalue weighted by Gasteiger charge is 2.12. The Morgan fingerprint density at radius 2 is 2.00 bits per heavy atom. The van der Waals surface area contributed by atoms with Crippen molar-refractivity contribution in [3.8, 4) is 11.6 Å². The van der Waals surface area contributed by atoms with E-state index in [0.29, 0.717) is 28.9 Å². The largest absolute Gasteiger partial charge is 0.438 e. The second kappa shape index (κ2) is 10.2. The number of halogens is 2. The lowest BCUT2D eigenvalue weighted by Gasteiger charge is -2.15. The summed E-state index contributed by atoms with van der Waals surface area (Å²) < 4.78 is 10.6. The number of pyridine rings is 1. The molecular weight excluding hydrogens is 377 g/mol. The van der Waals surface area contributed by atoms with E-state index < -0.39 is 0 Å². The van der Waals surface area contributed by atoms with Crippen molar-refractivity contribution >= 4 is 34.8 Å². The predicted molar refractivity (Wildman–Crippen MR) is 103 cm³/mol. The van der Waals surface area contributed by atoms with Gasteiger partial charge in [0.1, 0.15) is 16.8 Å². The molecule has 2 rings (SSSR count). The molecule has 0 spiro atoms. The van der Waals surface area contributed by atoms with Crippen molar-refractivity contribution in [2.75, 3.05) is 25.6 Å². The molecule has 8 heteroatoms. The first kappa shape index (κ1) is 20.3. The van der Waals surface area contributed by atoms with Crippen LogP contribution in [0.2, 0.25) is 10.0 Å². The van der Waals surface area contributed by atoms with E-state index in [-0.39, 0.29) is 17.8 Å². The van der Waals surface area contributed by atoms with Gasteiger partial charge in [0.25, 0.3) is 0 Å². The van der Waals surface area contributed by atoms with Crippen LogP contribution < -0.4 is 15.4 Å². The van der Waals surface area contributed by atoms with Gasteiger partial charge in [-0.25, -0.2) is 4.98 Å². The van der Waals surface area contributed by atoms with Crippen LogP contribution in [-0.4, -0.2) is 37.2 Å². The van der Waals surface area contributed by atoms with Gasteiger partial charge in [-0.3, -0.25) is 4.79 Å². The Labute approximate surface area is 162 Å². The lowest BCUT2D eigenvalue weighted by Crippen LogP contribution is -2.38. The molecule has 1 aromatic carbocycles. The van der Waals surface area contributed by atoms with E-state index in [0.717, 1.165) is 12.1 Å². The molecule has 0 aliphatic carbocycles. The number of nitrogens with one attached hydrogen (secondary N) is 2. The predicted octanol–water partition coefficient (Wildman–Crippen LogP) is 4.13. The van der Waals surface area contributed by atoms with Crippen molar-refractivity contribution in [3.63, 3.8) is 0 Å². The highest BCUT2D eigenvalue weighted by Crippen LogP contribution is 2.29. The molecule has 0 saturated carbocycles. The van der Waals surface area contributed by atoms with Gasteiger partial charge >= 0.3 is 0 Å². The Hall–Kier alpha value is -2.02. The normalized spacial score (nSPS) is 11.7. The van der Waals surface area contributed by atoms with Gasteiger partial charge in [0, 0.05) is 32.1 Å². The van der Waals surface area contributed by atoms with E-state index in [1.807, 2.05) is 12.1 Å². The summed E-state index contributed by atoms with van der Waals surface area (Å²) in [5, 5.41) is 6.76. The molecule has 0 fully saturated rings. The van der Waals surface area contributed by atoms with Crippen LogP contribution >= 0.6 is 23.2 Å². The van der Waals surface area contributed by atoms with Gasteiger partial charge in [-0.2, -0.15) is 0 Å². The maximum Gasteiger partial charge on any atom is 0.242 e. The fourth-order valence-corrected chi connectivity index (χ4v) is 2.52. The summed E-state index contributed by atoms with van der Waals surface area (Å²) in [5.41, 5.74) is 0.798. The molecule has 0 aliphatic rings. The van der Waals surface area contributed by atoms with Gasteiger partial charge in [0.05, 0.1) is 5.02 Å². The molecule has 0 radical (unpaired) electrons. The van der Waals surface area contributed by atoms with Crippen LogP contribution in [-0.2, 0) is 9.53 Å². The molecule has 140 valence electrons. The fourth-order valence-electron chi connectivity index (χ4n) is 2.10. The number of nitrogens with zero attached hydrogens (tertiary/aromatic N) is 1. The summed E-state index contributed by atoms with van der Waals surface area (Å²) in [7, 11) is 1.64. The zero-order valence-corrected chi connectivity index (χ0v) is 16.1. The molecule has 0 saturated heterocycles. The maximum atomic E-state index is 12.0. The summed E-state index contributed by atoms with van der Waals surface area (Å²) >= 11 is 11.9. The average Bonchev–Trinajstić information content (AvgIpc) is 2.62. The molecule has 6 nitrogen and oxygen atoms in total. The molecule has 1 aromatic heterocycles. The molecule has 0 aliphatic heterocycles. The molecule has 1 unspecified atom stereocenters. The van der Waals surface area contributed by atoms with Gasteiger partial charge in [-0.15, -0.1) is 0 Å². The van der Waals surface area contributed by atoms with Crippen molar-refractivity contribution in [2.45, 2.75) is 19.4 Å². The minimum absolute atomic E-state index is 0.0708. The zero-order chi connectivity index (χ0) is 18.9. The summed E-state index contributed by atoms with van der Waals surface area (Å²) in [4.78, 5) is 16.1. The van der Waals surface area contributed by atoms with Crippen molar-refractivity contribution < 1.29 is 14.3 Å². The van der Waals surface area contributed by atoms with E-state index in [1.54, 1.807) is 32.2 Å². The Kier molecular flexibility index (Phi) is 7.97. The van der Waals surface area contributed by atoms with Crippen molar-refractivity contribution in [2.24, 2.45) is 0 Å². The molecule has 0 bridgehead atoms. The number of hydrogen-bond acceptors (Lipinski definition) is 5. The molecule has 1 amide bonds. The lowest BCUT2D eigenvalue weighted by molar-refractivity contribution is -0.121. The highest BCUT2D eigenvalue weighted by atomic mass is 35.5. The first-order valence-corrected chi connectivity index (χ1v) is 8.87. The third-order valence-corrected chi connectivity index (χ3v) is 3.92. The number of amides is 1. The summed E-state index contributed by atoms with van der Waals surface area (Å²) in [6.07, 6.45) is 2.24. The quantitative estimate of drug-likeness (QED) is 0.622. The molecule has 26 heavy (non-hydrogen) atoms. The maximum absolute atomic E-state index is 12.0. The van der Waals surface area contributed by atoms with Crippen LogP contribution in [0.25, 0.3) is 0 Å². The third kappa shape index (κ3) is 6.37.